The molecule has 0 fully saturated rings. The first kappa shape index (κ1) is 46.3. The smallest absolute Gasteiger partial charge is 2.00 e. The van der Waals surface area contributed by atoms with Crippen molar-refractivity contribution in [2.45, 2.75) is 19.8 Å². The van der Waals surface area contributed by atoms with Gasteiger partial charge >= 0.3 is 21.7 Å². The van der Waals surface area contributed by atoms with Gasteiger partial charge < -0.3 is 52.7 Å². The van der Waals surface area contributed by atoms with Crippen LogP contribution < -0.4 is 0 Å². The van der Waals surface area contributed by atoms with Crippen molar-refractivity contribution in [2.24, 2.45) is 0 Å². The van der Waals surface area contributed by atoms with Crippen LogP contribution in [0, 0.1) is 48.8 Å². The minimum Gasteiger partial charge on any atom is -2.00 e. The molecule has 36 heavy (non-hydrogen) atoms. The van der Waals surface area contributed by atoms with E-state index in [0.29, 0.717) is 5.75 Å². The molecule has 3 N–H and O–H groups in total. The van der Waals surface area contributed by atoms with Crippen LogP contribution in [-0.4, -0.2) is 35.9 Å². The van der Waals surface area contributed by atoms with Crippen molar-refractivity contribution in [3.63, 3.8) is 0 Å². The molecular weight excluding hydrogens is 492 g/mol. The van der Waals surface area contributed by atoms with Gasteiger partial charge in [-0.3, -0.25) is 10.2 Å². The van der Waals surface area contributed by atoms with Gasteiger partial charge in [0.1, 0.15) is 5.75 Å². The first-order chi connectivity index (χ1) is 14.2. The normalized spacial score (nSPS) is 7.61. The number of para-hydroxylation sites is 3. The van der Waals surface area contributed by atoms with Crippen LogP contribution in [-0.2, 0) is 32.7 Å². The molecule has 0 atom stereocenters. The molecule has 3 aromatic carbocycles. The first-order valence-electron chi connectivity index (χ1n) is 9.12. The van der Waals surface area contributed by atoms with Crippen LogP contribution >= 0.6 is 0 Å². The van der Waals surface area contributed by atoms with Crippen LogP contribution in [0.4, 0.5) is 0 Å². The van der Waals surface area contributed by atoms with Crippen molar-refractivity contribution in [1.29, 1.82) is 0 Å². The Bertz CT molecular complexity index is 946. The molecule has 2 aromatic heterocycles. The maximum atomic E-state index is 8.63. The fraction of sp³-hybridized carbons (Fsp3) is 0.115. The Labute approximate surface area is 231 Å². The monoisotopic (exact) mass is 527 g/mol. The van der Waals surface area contributed by atoms with E-state index in [9.17, 15) is 0 Å². The van der Waals surface area contributed by atoms with Gasteiger partial charge in [0, 0.05) is 11.0 Å². The molecule has 198 valence electrons. The Kier molecular flexibility index (Phi) is 36.2. The number of aromatic hydroxyl groups is 1. The number of aromatic nitrogens is 6. The molecule has 0 saturated carbocycles. The van der Waals surface area contributed by atoms with Crippen LogP contribution in [0.5, 0.6) is 5.75 Å². The van der Waals surface area contributed by atoms with Gasteiger partial charge in [0.25, 0.3) is 0 Å². The Balaban J connectivity index is -0.0000000807. The number of unbranched alkanes of at least 4 members (excludes halogenated alkanes) is 1. The van der Waals surface area contributed by atoms with E-state index in [-0.39, 0.29) is 62.4 Å². The van der Waals surface area contributed by atoms with Gasteiger partial charge in [-0.15, -0.1) is 12.1 Å². The minimum atomic E-state index is 0. The largest absolute Gasteiger partial charge is 4.00 e. The van der Waals surface area contributed by atoms with Gasteiger partial charge in [-0.25, -0.2) is 0 Å². The van der Waals surface area contributed by atoms with E-state index >= 15 is 0 Å². The van der Waals surface area contributed by atoms with Crippen molar-refractivity contribution < 1.29 is 37.8 Å². The third kappa shape index (κ3) is 17.3. The van der Waals surface area contributed by atoms with Crippen molar-refractivity contribution in [3.8, 4) is 5.75 Å². The van der Waals surface area contributed by atoms with Crippen LogP contribution in [0.2, 0.25) is 0 Å². The number of rotatable bonds is 1. The van der Waals surface area contributed by atoms with Crippen molar-refractivity contribution in [2.75, 3.05) is 0 Å². The van der Waals surface area contributed by atoms with E-state index in [4.69, 9.17) is 5.11 Å². The summed E-state index contributed by atoms with van der Waals surface area (Å²) in [5, 5.41) is 28.8. The van der Waals surface area contributed by atoms with Crippen LogP contribution in [0.15, 0.2) is 66.7 Å². The van der Waals surface area contributed by atoms with Crippen molar-refractivity contribution >= 4 is 22.1 Å². The van der Waals surface area contributed by atoms with Crippen molar-refractivity contribution in [1.82, 2.24) is 30.8 Å². The Morgan fingerprint density at radius 3 is 1.42 bits per heavy atom. The zero-order chi connectivity index (χ0) is 20.7. The maximum Gasteiger partial charge on any atom is 4.00 e. The molecule has 0 unspecified atom stereocenters. The average Bonchev–Trinajstić information content (AvgIpc) is 3.44. The molecule has 9 nitrogen and oxygen atoms in total. The molecule has 0 bridgehead atoms. The van der Waals surface area contributed by atoms with Gasteiger partial charge in [0.2, 0.25) is 0 Å². The predicted octanol–water partition coefficient (Wildman–Crippen LogP) is 6.09. The molecule has 5 rings (SSSR count). The molecule has 5 aromatic rings. The third-order valence-corrected chi connectivity index (χ3v) is 3.42. The van der Waals surface area contributed by atoms with Crippen molar-refractivity contribution in [3.05, 3.63) is 115 Å². The first-order valence-corrected chi connectivity index (χ1v) is 9.12. The molecular formula is C26H35N6O3Ti-7. The summed E-state index contributed by atoms with van der Waals surface area (Å²) in [6.45, 7) is 5.72. The second-order valence-corrected chi connectivity index (χ2v) is 5.67. The number of hydrogen-bond donors (Lipinski definition) is 3. The Hall–Kier alpha value is -3.11. The van der Waals surface area contributed by atoms with E-state index < -0.39 is 0 Å². The zero-order valence-electron chi connectivity index (χ0n) is 21.5. The van der Waals surface area contributed by atoms with Gasteiger partial charge in [-0.05, 0) is 23.2 Å². The number of phenolic OH excluding ortho intramolecular Hbond substituents is 1. The summed E-state index contributed by atoms with van der Waals surface area (Å²) in [5.74, 6) is 0.322. The van der Waals surface area contributed by atoms with Crippen LogP contribution in [0.25, 0.3) is 22.1 Å². The number of nitrogens with one attached hydrogen (secondary N) is 2. The number of hydrogen-bond acceptors (Lipinski definition) is 5. The molecule has 0 aliphatic heterocycles. The summed E-state index contributed by atoms with van der Waals surface area (Å²) in [6.07, 6.45) is 2.28. The SMILES string of the molecule is Oc1ccccc1.[CH2-]CCC.[CH3-].[CH3-].[CH3-].[CH3-].[O-2].[O-2].[Ti+4].[c-]1cccc2nn[nH]c12.[c-]1cccc2nn[nH]c12. The fourth-order valence-electron chi connectivity index (χ4n) is 1.89. The third-order valence-electron chi connectivity index (χ3n) is 3.42. The number of fused-ring (bicyclic) bond motifs is 2. The molecule has 0 amide bonds. The second-order valence-electron chi connectivity index (χ2n) is 5.67. The molecule has 2 heterocycles. The van der Waals surface area contributed by atoms with E-state index in [0.717, 1.165) is 28.5 Å². The molecule has 0 spiro atoms. The summed E-state index contributed by atoms with van der Waals surface area (Å²) >= 11 is 0. The maximum absolute atomic E-state index is 8.63. The summed E-state index contributed by atoms with van der Waals surface area (Å²) in [5.41, 5.74) is 3.44. The number of aromatic amines is 2. The topological polar surface area (TPSA) is 160 Å². The average molecular weight is 527 g/mol. The summed E-state index contributed by atoms with van der Waals surface area (Å²) in [7, 11) is 0. The number of nitrogens with zero attached hydrogens (tertiary/aromatic N) is 4. The van der Waals surface area contributed by atoms with E-state index in [1.165, 1.54) is 6.42 Å². The zero-order valence-corrected chi connectivity index (χ0v) is 23.1. The molecule has 0 radical (unpaired) electrons. The summed E-state index contributed by atoms with van der Waals surface area (Å²) in [6, 6.07) is 25.8. The van der Waals surface area contributed by atoms with Crippen LogP contribution in [0.3, 0.4) is 0 Å². The van der Waals surface area contributed by atoms with E-state index in [2.05, 4.69) is 56.8 Å². The van der Waals surface area contributed by atoms with Gasteiger partial charge in [-0.1, -0.05) is 42.0 Å². The predicted molar refractivity (Wildman–Crippen MR) is 141 cm³/mol. The summed E-state index contributed by atoms with van der Waals surface area (Å²) < 4.78 is 0. The Morgan fingerprint density at radius 1 is 0.750 bits per heavy atom. The Morgan fingerprint density at radius 2 is 1.14 bits per heavy atom. The standard InChI is InChI=1S/2C6H4N3.C6H6O.C4H9.4CH3.2O.Ti/c2*1-2-4-6-5(3-1)7-9-8-6;7-6-4-2-1-3-5-6;1-3-4-2;;;;;;;/h2*1-3H,(H,7,8,9);1-5,7H;1,3-4H2,2H3;4*1H3;;;/q2*-1;;5*-1;2*-2;+4. The quantitative estimate of drug-likeness (QED) is 0.177. The van der Waals surface area contributed by atoms with Crippen LogP contribution in [0.1, 0.15) is 19.8 Å². The number of H-pyrrole nitrogens is 2. The number of phenols is 1. The molecule has 0 aliphatic carbocycles. The van der Waals surface area contributed by atoms with Gasteiger partial charge in [0.15, 0.2) is 0 Å². The molecule has 10 heteroatoms. The van der Waals surface area contributed by atoms with E-state index in [1.54, 1.807) is 24.3 Å². The number of benzene rings is 3. The summed E-state index contributed by atoms with van der Waals surface area (Å²) in [4.78, 5) is 0. The van der Waals surface area contributed by atoms with E-state index in [1.807, 2.05) is 42.5 Å². The second kappa shape index (κ2) is 28.1. The van der Waals surface area contributed by atoms with Gasteiger partial charge in [0.05, 0.1) is 0 Å². The molecule has 0 saturated heterocycles. The fourth-order valence-corrected chi connectivity index (χ4v) is 1.89. The molecule has 0 aliphatic rings. The minimum absolute atomic E-state index is 0. The van der Waals surface area contributed by atoms with Gasteiger partial charge in [-0.2, -0.15) is 53.0 Å².